The summed E-state index contributed by atoms with van der Waals surface area (Å²) >= 11 is 0. The number of carbonyl (C=O) groups is 1. The van der Waals surface area contributed by atoms with Crippen molar-refractivity contribution in [3.63, 3.8) is 0 Å². The Hall–Kier alpha value is -0.420. The Bertz CT molecular complexity index is 196. The molecule has 2 atom stereocenters. The van der Waals surface area contributed by atoms with Crippen molar-refractivity contribution < 1.29 is 14.1 Å². The lowest BCUT2D eigenvalue weighted by Crippen LogP contribution is -2.37. The first-order valence-corrected chi connectivity index (χ1v) is 6.56. The average Bonchev–Trinajstić information content (AvgIpc) is 2.09. The lowest BCUT2D eigenvalue weighted by Gasteiger charge is -2.12. The van der Waals surface area contributed by atoms with Gasteiger partial charge in [0.05, 0.1) is 0 Å². The quantitative estimate of drug-likeness (QED) is 0.589. The minimum absolute atomic E-state index is 0.453. The third-order valence-electron chi connectivity index (χ3n) is 1.87. The zero-order valence-electron chi connectivity index (χ0n) is 8.78. The minimum Gasteiger partial charge on any atom is -0.480 e. The first-order valence-electron chi connectivity index (χ1n) is 4.84. The Kier molecular flexibility index (Phi) is 7.70. The Morgan fingerprint density at radius 3 is 2.64 bits per heavy atom. The number of hydrogen-bond donors (Lipinski definition) is 2. The molecule has 2 unspecified atom stereocenters. The van der Waals surface area contributed by atoms with Crippen molar-refractivity contribution in [2.75, 3.05) is 18.6 Å². The molecule has 5 heteroatoms. The standard InChI is InChI=1S/C9H19NO3S/c1-3-5-8(9(11)12)10-6-4-7-14(2)13/h8,10H,3-7H2,1-2H3,(H,11,12). The van der Waals surface area contributed by atoms with Gasteiger partial charge in [0.1, 0.15) is 6.04 Å². The van der Waals surface area contributed by atoms with E-state index in [2.05, 4.69) is 5.32 Å². The third kappa shape index (κ3) is 7.03. The summed E-state index contributed by atoms with van der Waals surface area (Å²) in [5.41, 5.74) is 0. The molecule has 0 aromatic rings. The first-order chi connectivity index (χ1) is 6.57. The monoisotopic (exact) mass is 221 g/mol. The van der Waals surface area contributed by atoms with E-state index in [1.165, 1.54) is 0 Å². The maximum absolute atomic E-state index is 10.7. The van der Waals surface area contributed by atoms with E-state index >= 15 is 0 Å². The molecule has 0 bridgehead atoms. The molecule has 2 N–H and O–H groups in total. The highest BCUT2D eigenvalue weighted by Gasteiger charge is 2.14. The number of hydrogen-bond acceptors (Lipinski definition) is 3. The van der Waals surface area contributed by atoms with Gasteiger partial charge in [-0.05, 0) is 19.4 Å². The van der Waals surface area contributed by atoms with E-state index in [-0.39, 0.29) is 0 Å². The second kappa shape index (κ2) is 7.94. The summed E-state index contributed by atoms with van der Waals surface area (Å²) in [6, 6.07) is -0.453. The Labute approximate surface area is 87.5 Å². The van der Waals surface area contributed by atoms with Crippen LogP contribution in [0.4, 0.5) is 0 Å². The molecule has 0 spiro atoms. The predicted molar refractivity (Wildman–Crippen MR) is 57.9 cm³/mol. The molecule has 84 valence electrons. The SMILES string of the molecule is CCCC(NCCCS(C)=O)C(=O)O. The van der Waals surface area contributed by atoms with Gasteiger partial charge in [-0.15, -0.1) is 0 Å². The highest BCUT2D eigenvalue weighted by atomic mass is 32.2. The predicted octanol–water partition coefficient (Wildman–Crippen LogP) is 0.598. The summed E-state index contributed by atoms with van der Waals surface area (Å²) in [5, 5.41) is 11.7. The Morgan fingerprint density at radius 2 is 2.21 bits per heavy atom. The fraction of sp³-hybridized carbons (Fsp3) is 0.889. The van der Waals surface area contributed by atoms with E-state index in [1.54, 1.807) is 6.26 Å². The third-order valence-corrected chi connectivity index (χ3v) is 2.74. The van der Waals surface area contributed by atoms with Gasteiger partial charge in [-0.3, -0.25) is 9.00 Å². The van der Waals surface area contributed by atoms with Gasteiger partial charge in [0, 0.05) is 22.8 Å². The molecular formula is C9H19NO3S. The van der Waals surface area contributed by atoms with Gasteiger partial charge in [-0.25, -0.2) is 0 Å². The Morgan fingerprint density at radius 1 is 1.57 bits per heavy atom. The molecule has 0 aromatic carbocycles. The van der Waals surface area contributed by atoms with Crippen LogP contribution < -0.4 is 5.32 Å². The van der Waals surface area contributed by atoms with Crippen molar-refractivity contribution in [1.29, 1.82) is 0 Å². The van der Waals surface area contributed by atoms with E-state index in [9.17, 15) is 9.00 Å². The lowest BCUT2D eigenvalue weighted by molar-refractivity contribution is -0.139. The van der Waals surface area contributed by atoms with Gasteiger partial charge in [0.25, 0.3) is 0 Å². The zero-order valence-corrected chi connectivity index (χ0v) is 9.60. The van der Waals surface area contributed by atoms with Crippen LogP contribution in [0.5, 0.6) is 0 Å². The van der Waals surface area contributed by atoms with Gasteiger partial charge >= 0.3 is 5.97 Å². The van der Waals surface area contributed by atoms with Crippen LogP contribution in [0, 0.1) is 0 Å². The summed E-state index contributed by atoms with van der Waals surface area (Å²) in [6.45, 7) is 2.58. The van der Waals surface area contributed by atoms with Gasteiger partial charge in [0.15, 0.2) is 0 Å². The maximum Gasteiger partial charge on any atom is 0.320 e. The summed E-state index contributed by atoms with van der Waals surface area (Å²) in [7, 11) is -0.782. The Balaban J connectivity index is 3.61. The van der Waals surface area contributed by atoms with Crippen molar-refractivity contribution in [2.24, 2.45) is 0 Å². The van der Waals surface area contributed by atoms with Gasteiger partial charge in [0.2, 0.25) is 0 Å². The van der Waals surface area contributed by atoms with Crippen molar-refractivity contribution in [1.82, 2.24) is 5.32 Å². The summed E-state index contributed by atoms with van der Waals surface area (Å²) in [6.07, 6.45) is 3.91. The van der Waals surface area contributed by atoms with Crippen LogP contribution in [0.3, 0.4) is 0 Å². The highest BCUT2D eigenvalue weighted by molar-refractivity contribution is 7.84. The molecule has 0 rings (SSSR count). The highest BCUT2D eigenvalue weighted by Crippen LogP contribution is 1.96. The normalized spacial score (nSPS) is 15.0. The van der Waals surface area contributed by atoms with Gasteiger partial charge < -0.3 is 10.4 Å². The largest absolute Gasteiger partial charge is 0.480 e. The molecule has 0 radical (unpaired) electrons. The molecule has 0 heterocycles. The molecular weight excluding hydrogens is 202 g/mol. The van der Waals surface area contributed by atoms with Crippen LogP contribution in [0.1, 0.15) is 26.2 Å². The molecule has 0 saturated heterocycles. The van der Waals surface area contributed by atoms with Crippen molar-refractivity contribution in [3.8, 4) is 0 Å². The molecule has 0 saturated carbocycles. The van der Waals surface area contributed by atoms with Gasteiger partial charge in [-0.1, -0.05) is 13.3 Å². The number of rotatable bonds is 8. The van der Waals surface area contributed by atoms with E-state index in [0.29, 0.717) is 18.7 Å². The van der Waals surface area contributed by atoms with E-state index in [0.717, 1.165) is 12.8 Å². The lowest BCUT2D eigenvalue weighted by atomic mass is 10.1. The van der Waals surface area contributed by atoms with Crippen LogP contribution in [-0.2, 0) is 15.6 Å². The van der Waals surface area contributed by atoms with E-state index in [1.807, 2.05) is 6.92 Å². The molecule has 0 aromatic heterocycles. The van der Waals surface area contributed by atoms with Crippen LogP contribution in [0.15, 0.2) is 0 Å². The van der Waals surface area contributed by atoms with E-state index < -0.39 is 22.8 Å². The minimum atomic E-state index is -0.801. The number of nitrogens with one attached hydrogen (secondary N) is 1. The molecule has 0 aliphatic rings. The molecule has 4 nitrogen and oxygen atoms in total. The van der Waals surface area contributed by atoms with Crippen LogP contribution >= 0.6 is 0 Å². The van der Waals surface area contributed by atoms with Gasteiger partial charge in [-0.2, -0.15) is 0 Å². The van der Waals surface area contributed by atoms with Crippen LogP contribution in [-0.4, -0.2) is 39.9 Å². The van der Waals surface area contributed by atoms with Crippen molar-refractivity contribution in [2.45, 2.75) is 32.2 Å². The fourth-order valence-electron chi connectivity index (χ4n) is 1.15. The average molecular weight is 221 g/mol. The van der Waals surface area contributed by atoms with Crippen LogP contribution in [0.2, 0.25) is 0 Å². The molecule has 0 fully saturated rings. The summed E-state index contributed by atoms with van der Waals surface area (Å²) in [4.78, 5) is 10.7. The van der Waals surface area contributed by atoms with Crippen molar-refractivity contribution in [3.05, 3.63) is 0 Å². The smallest absolute Gasteiger partial charge is 0.320 e. The maximum atomic E-state index is 10.7. The zero-order chi connectivity index (χ0) is 11.0. The molecule has 14 heavy (non-hydrogen) atoms. The number of carboxylic acids is 1. The second-order valence-corrected chi connectivity index (χ2v) is 4.82. The molecule has 0 aliphatic carbocycles. The topological polar surface area (TPSA) is 66.4 Å². The first kappa shape index (κ1) is 13.6. The van der Waals surface area contributed by atoms with E-state index in [4.69, 9.17) is 5.11 Å². The van der Waals surface area contributed by atoms with Crippen LogP contribution in [0.25, 0.3) is 0 Å². The van der Waals surface area contributed by atoms with Crippen molar-refractivity contribution >= 4 is 16.8 Å². The molecule has 0 aliphatic heterocycles. The summed E-state index contributed by atoms with van der Waals surface area (Å²) in [5.74, 6) is -0.171. The second-order valence-electron chi connectivity index (χ2n) is 3.26. The fourth-order valence-corrected chi connectivity index (χ4v) is 1.70. The summed E-state index contributed by atoms with van der Waals surface area (Å²) < 4.78 is 10.7. The number of carboxylic acid groups (broad SMARTS) is 1. The molecule has 0 amide bonds. The number of aliphatic carboxylic acids is 1.